The van der Waals surface area contributed by atoms with Crippen molar-refractivity contribution in [2.75, 3.05) is 13.2 Å². The number of carboxylic acid groups (broad SMARTS) is 1. The number of carboxylic acids is 1. The van der Waals surface area contributed by atoms with Gasteiger partial charge in [0.1, 0.15) is 0 Å². The average molecular weight is 146 g/mol. The first-order chi connectivity index (χ1) is 4.72. The van der Waals surface area contributed by atoms with Crippen LogP contribution in [0.25, 0.3) is 0 Å². The number of aliphatic carboxylic acids is 1. The summed E-state index contributed by atoms with van der Waals surface area (Å²) in [6, 6.07) is 0. The summed E-state index contributed by atoms with van der Waals surface area (Å²) in [6.07, 6.45) is 0. The molecule has 1 rings (SSSR count). The molecule has 0 aromatic carbocycles. The van der Waals surface area contributed by atoms with Crippen LogP contribution >= 0.6 is 0 Å². The molecule has 4 heteroatoms. The standard InChI is InChI=1S/C6H10O4/c7-1-3-4(2-8)5(3)6(9)10/h3-5,7-8H,1-2H2,(H,9,10). The molecule has 0 heterocycles. The lowest BCUT2D eigenvalue weighted by atomic mass is 10.3. The molecule has 0 amide bonds. The van der Waals surface area contributed by atoms with Gasteiger partial charge in [-0.05, 0) is 0 Å². The van der Waals surface area contributed by atoms with E-state index in [4.69, 9.17) is 15.3 Å². The molecule has 2 atom stereocenters. The van der Waals surface area contributed by atoms with Crippen molar-refractivity contribution in [2.45, 2.75) is 0 Å². The van der Waals surface area contributed by atoms with Crippen LogP contribution in [0.1, 0.15) is 0 Å². The van der Waals surface area contributed by atoms with Gasteiger partial charge in [-0.2, -0.15) is 0 Å². The van der Waals surface area contributed by atoms with Crippen molar-refractivity contribution in [1.29, 1.82) is 0 Å². The highest BCUT2D eigenvalue weighted by Crippen LogP contribution is 2.45. The Balaban J connectivity index is 2.44. The van der Waals surface area contributed by atoms with Crippen molar-refractivity contribution in [3.63, 3.8) is 0 Å². The molecule has 2 unspecified atom stereocenters. The molecule has 0 spiro atoms. The Labute approximate surface area is 58.1 Å². The summed E-state index contributed by atoms with van der Waals surface area (Å²) in [5.74, 6) is -1.88. The fraction of sp³-hybridized carbons (Fsp3) is 0.833. The first kappa shape index (κ1) is 7.50. The minimum absolute atomic E-state index is 0.137. The summed E-state index contributed by atoms with van der Waals surface area (Å²) < 4.78 is 0. The maximum Gasteiger partial charge on any atom is 0.307 e. The topological polar surface area (TPSA) is 77.8 Å². The summed E-state index contributed by atoms with van der Waals surface area (Å²) in [7, 11) is 0. The van der Waals surface area contributed by atoms with Crippen LogP contribution in [-0.2, 0) is 4.79 Å². The van der Waals surface area contributed by atoms with Gasteiger partial charge in [0.05, 0.1) is 5.92 Å². The predicted octanol–water partition coefficient (Wildman–Crippen LogP) is -1.08. The number of hydrogen-bond donors (Lipinski definition) is 3. The molecule has 0 radical (unpaired) electrons. The molecular weight excluding hydrogens is 136 g/mol. The van der Waals surface area contributed by atoms with Gasteiger partial charge in [-0.15, -0.1) is 0 Å². The minimum atomic E-state index is -0.918. The maximum absolute atomic E-state index is 10.3. The van der Waals surface area contributed by atoms with Crippen LogP contribution in [0.4, 0.5) is 0 Å². The largest absolute Gasteiger partial charge is 0.481 e. The Kier molecular flexibility index (Phi) is 1.92. The van der Waals surface area contributed by atoms with Crippen molar-refractivity contribution >= 4 is 5.97 Å². The lowest BCUT2D eigenvalue weighted by Crippen LogP contribution is -2.02. The van der Waals surface area contributed by atoms with Gasteiger partial charge < -0.3 is 15.3 Å². The third kappa shape index (κ3) is 0.998. The highest BCUT2D eigenvalue weighted by atomic mass is 16.4. The third-order valence-corrected chi connectivity index (χ3v) is 2.04. The smallest absolute Gasteiger partial charge is 0.307 e. The van der Waals surface area contributed by atoms with E-state index in [9.17, 15) is 4.79 Å². The van der Waals surface area contributed by atoms with Gasteiger partial charge in [0.2, 0.25) is 0 Å². The second-order valence-corrected chi connectivity index (χ2v) is 2.56. The van der Waals surface area contributed by atoms with E-state index in [0.29, 0.717) is 0 Å². The van der Waals surface area contributed by atoms with E-state index in [1.165, 1.54) is 0 Å². The zero-order chi connectivity index (χ0) is 7.72. The maximum atomic E-state index is 10.3. The van der Waals surface area contributed by atoms with Crippen molar-refractivity contribution < 1.29 is 20.1 Å². The lowest BCUT2D eigenvalue weighted by molar-refractivity contribution is -0.139. The van der Waals surface area contributed by atoms with Crippen LogP contribution in [0.2, 0.25) is 0 Å². The molecule has 0 aromatic heterocycles. The van der Waals surface area contributed by atoms with Crippen molar-refractivity contribution in [1.82, 2.24) is 0 Å². The SMILES string of the molecule is O=C(O)C1C(CO)C1CO. The molecule has 1 fully saturated rings. The Hall–Kier alpha value is -0.610. The number of rotatable bonds is 3. The fourth-order valence-corrected chi connectivity index (χ4v) is 1.31. The monoisotopic (exact) mass is 146 g/mol. The van der Waals surface area contributed by atoms with E-state index in [-0.39, 0.29) is 25.0 Å². The van der Waals surface area contributed by atoms with Gasteiger partial charge in [0.25, 0.3) is 0 Å². The second-order valence-electron chi connectivity index (χ2n) is 2.56. The highest BCUT2D eigenvalue weighted by molar-refractivity contribution is 5.74. The Morgan fingerprint density at radius 3 is 1.70 bits per heavy atom. The molecule has 4 nitrogen and oxygen atoms in total. The highest BCUT2D eigenvalue weighted by Gasteiger charge is 2.54. The molecule has 0 saturated heterocycles. The number of aliphatic hydroxyl groups is 2. The van der Waals surface area contributed by atoms with E-state index >= 15 is 0 Å². The molecule has 1 aliphatic rings. The summed E-state index contributed by atoms with van der Waals surface area (Å²) in [5.41, 5.74) is 0. The van der Waals surface area contributed by atoms with Gasteiger partial charge >= 0.3 is 5.97 Å². The predicted molar refractivity (Wildman–Crippen MR) is 32.3 cm³/mol. The van der Waals surface area contributed by atoms with Crippen molar-refractivity contribution in [3.05, 3.63) is 0 Å². The van der Waals surface area contributed by atoms with Crippen molar-refractivity contribution in [3.8, 4) is 0 Å². The average Bonchev–Trinajstić information content (AvgIpc) is 2.60. The first-order valence-corrected chi connectivity index (χ1v) is 3.17. The molecule has 1 saturated carbocycles. The van der Waals surface area contributed by atoms with Gasteiger partial charge in [-0.1, -0.05) is 0 Å². The van der Waals surface area contributed by atoms with E-state index in [2.05, 4.69) is 0 Å². The molecule has 3 N–H and O–H groups in total. The molecule has 0 aliphatic heterocycles. The zero-order valence-electron chi connectivity index (χ0n) is 5.40. The van der Waals surface area contributed by atoms with Gasteiger partial charge in [-0.3, -0.25) is 4.79 Å². The van der Waals surface area contributed by atoms with Crippen LogP contribution < -0.4 is 0 Å². The van der Waals surface area contributed by atoms with Crippen molar-refractivity contribution in [2.24, 2.45) is 17.8 Å². The van der Waals surface area contributed by atoms with Crippen LogP contribution in [0.3, 0.4) is 0 Å². The molecular formula is C6H10O4. The third-order valence-electron chi connectivity index (χ3n) is 2.04. The molecule has 10 heavy (non-hydrogen) atoms. The van der Waals surface area contributed by atoms with E-state index < -0.39 is 11.9 Å². The summed E-state index contributed by atoms with van der Waals surface area (Å²) in [4.78, 5) is 10.3. The molecule has 0 aromatic rings. The number of carbonyl (C=O) groups is 1. The van der Waals surface area contributed by atoms with Crippen LogP contribution in [0, 0.1) is 17.8 Å². The summed E-state index contributed by atoms with van der Waals surface area (Å²) >= 11 is 0. The molecule has 58 valence electrons. The van der Waals surface area contributed by atoms with Gasteiger partial charge in [0, 0.05) is 25.0 Å². The quantitative estimate of drug-likeness (QED) is 0.473. The zero-order valence-corrected chi connectivity index (χ0v) is 5.40. The number of aliphatic hydroxyl groups excluding tert-OH is 2. The summed E-state index contributed by atoms with van der Waals surface area (Å²) in [5, 5.41) is 25.5. The minimum Gasteiger partial charge on any atom is -0.481 e. The Bertz CT molecular complexity index is 135. The second kappa shape index (κ2) is 2.56. The van der Waals surface area contributed by atoms with Crippen LogP contribution in [0.5, 0.6) is 0 Å². The number of hydrogen-bond acceptors (Lipinski definition) is 3. The lowest BCUT2D eigenvalue weighted by Gasteiger charge is -1.84. The van der Waals surface area contributed by atoms with Gasteiger partial charge in [-0.25, -0.2) is 0 Å². The summed E-state index contributed by atoms with van der Waals surface area (Å²) in [6.45, 7) is -0.273. The Morgan fingerprint density at radius 2 is 1.60 bits per heavy atom. The van der Waals surface area contributed by atoms with Gasteiger partial charge in [0.15, 0.2) is 0 Å². The van der Waals surface area contributed by atoms with E-state index in [1.807, 2.05) is 0 Å². The first-order valence-electron chi connectivity index (χ1n) is 3.17. The normalized spacial score (nSPS) is 37.6. The van der Waals surface area contributed by atoms with E-state index in [1.54, 1.807) is 0 Å². The Morgan fingerprint density at radius 1 is 1.20 bits per heavy atom. The van der Waals surface area contributed by atoms with E-state index in [0.717, 1.165) is 0 Å². The fourth-order valence-electron chi connectivity index (χ4n) is 1.31. The van der Waals surface area contributed by atoms with Crippen LogP contribution in [0.15, 0.2) is 0 Å². The molecule has 0 bridgehead atoms. The molecule has 1 aliphatic carbocycles. The van der Waals surface area contributed by atoms with Crippen LogP contribution in [-0.4, -0.2) is 34.5 Å².